The van der Waals surface area contributed by atoms with E-state index in [-0.39, 0.29) is 30.4 Å². The average Bonchev–Trinajstić information content (AvgIpc) is 3.64. The van der Waals surface area contributed by atoms with Gasteiger partial charge in [0.05, 0.1) is 24.4 Å². The van der Waals surface area contributed by atoms with Crippen LogP contribution in [0.2, 0.25) is 0 Å². The van der Waals surface area contributed by atoms with Crippen molar-refractivity contribution in [2.45, 2.75) is 49.9 Å². The van der Waals surface area contributed by atoms with Gasteiger partial charge in [-0.05, 0) is 37.0 Å². The van der Waals surface area contributed by atoms with Crippen molar-refractivity contribution in [1.82, 2.24) is 39.5 Å². The quantitative estimate of drug-likeness (QED) is 0.329. The molecule has 0 aromatic carbocycles. The summed E-state index contributed by atoms with van der Waals surface area (Å²) in [6.45, 7) is 2.30. The summed E-state index contributed by atoms with van der Waals surface area (Å²) in [5.74, 6) is -1.64. The Morgan fingerprint density at radius 2 is 1.95 bits per heavy atom. The topological polar surface area (TPSA) is 120 Å². The second-order valence-corrected chi connectivity index (χ2v) is 10.8. The molecule has 1 N–H and O–H groups in total. The van der Waals surface area contributed by atoms with Gasteiger partial charge in [-0.1, -0.05) is 0 Å². The first-order valence-electron chi connectivity index (χ1n) is 13.6. The molecule has 1 amide bonds. The Balaban J connectivity index is 1.04. The molecular formula is C28H27F4N9O. The molecule has 0 unspecified atom stereocenters. The van der Waals surface area contributed by atoms with Crippen LogP contribution in [0.15, 0.2) is 43.2 Å². The number of likely N-dealkylation sites (tertiary alicyclic amines) is 2. The van der Waals surface area contributed by atoms with E-state index in [9.17, 15) is 27.6 Å². The molecule has 0 bridgehead atoms. The van der Waals surface area contributed by atoms with Crippen LogP contribution >= 0.6 is 0 Å². The van der Waals surface area contributed by atoms with Gasteiger partial charge in [-0.25, -0.2) is 19.3 Å². The number of alkyl halides is 3. The third-order valence-corrected chi connectivity index (χ3v) is 8.28. The molecule has 2 fully saturated rings. The van der Waals surface area contributed by atoms with E-state index in [0.29, 0.717) is 32.6 Å². The van der Waals surface area contributed by atoms with E-state index < -0.39 is 23.2 Å². The Hall–Kier alpha value is -4.38. The number of nitrogens with one attached hydrogen (secondary N) is 1. The summed E-state index contributed by atoms with van der Waals surface area (Å²) in [5.41, 5.74) is 0.140. The summed E-state index contributed by atoms with van der Waals surface area (Å²) < 4.78 is 55.0. The third-order valence-electron chi connectivity index (χ3n) is 8.28. The largest absolute Gasteiger partial charge is 0.436 e. The molecule has 4 aromatic heterocycles. The van der Waals surface area contributed by atoms with E-state index in [4.69, 9.17) is 0 Å². The second kappa shape index (κ2) is 10.8. The zero-order chi connectivity index (χ0) is 29.5. The van der Waals surface area contributed by atoms with Crippen molar-refractivity contribution in [3.05, 3.63) is 60.3 Å². The van der Waals surface area contributed by atoms with Gasteiger partial charge < -0.3 is 9.88 Å². The Labute approximate surface area is 238 Å². The molecule has 6 heterocycles. The summed E-state index contributed by atoms with van der Waals surface area (Å²) in [6.07, 6.45) is 4.55. The highest BCUT2D eigenvalue weighted by Gasteiger charge is 2.48. The van der Waals surface area contributed by atoms with E-state index in [2.05, 4.69) is 36.0 Å². The standard InChI is InChI=1S/C28H27F4N9O/c29-23-18(3-9-34-25(23)28(30,31)32)1-2-22(42)39-11-5-20(6-12-39)40-15-27(16-40,7-8-33)41-14-19(13-38-41)24-21-4-10-35-26(21)37-17-36-24/h3-4,9-10,13-14,17,20H,1-2,5-7,11-12,15-16H2,(H,35,36,37). The van der Waals surface area contributed by atoms with E-state index in [1.54, 1.807) is 17.3 Å². The number of H-pyrrole nitrogens is 1. The van der Waals surface area contributed by atoms with Gasteiger partial charge >= 0.3 is 6.18 Å². The number of piperidine rings is 1. The number of nitrogens with zero attached hydrogens (tertiary/aromatic N) is 8. The predicted molar refractivity (Wildman–Crippen MR) is 142 cm³/mol. The minimum Gasteiger partial charge on any atom is -0.346 e. The lowest BCUT2D eigenvalue weighted by atomic mass is 9.83. The number of aromatic nitrogens is 6. The molecule has 6 rings (SSSR count). The Morgan fingerprint density at radius 1 is 1.17 bits per heavy atom. The van der Waals surface area contributed by atoms with Crippen molar-refractivity contribution in [1.29, 1.82) is 5.26 Å². The normalized spacial score (nSPS) is 17.7. The molecule has 14 heteroatoms. The lowest BCUT2D eigenvalue weighted by Crippen LogP contribution is -2.66. The van der Waals surface area contributed by atoms with Gasteiger partial charge in [-0.3, -0.25) is 14.4 Å². The number of fused-ring (bicyclic) bond motifs is 1. The lowest BCUT2D eigenvalue weighted by molar-refractivity contribution is -0.143. The maximum absolute atomic E-state index is 14.3. The van der Waals surface area contributed by atoms with Gasteiger partial charge in [-0.2, -0.15) is 23.5 Å². The Kier molecular flexibility index (Phi) is 7.14. The molecule has 10 nitrogen and oxygen atoms in total. The highest BCUT2D eigenvalue weighted by Crippen LogP contribution is 2.37. The molecule has 0 atom stereocenters. The van der Waals surface area contributed by atoms with Gasteiger partial charge in [-0.15, -0.1) is 0 Å². The molecular weight excluding hydrogens is 554 g/mol. The fourth-order valence-corrected chi connectivity index (χ4v) is 6.01. The number of rotatable bonds is 7. The highest BCUT2D eigenvalue weighted by molar-refractivity contribution is 5.90. The average molecular weight is 582 g/mol. The molecule has 42 heavy (non-hydrogen) atoms. The van der Waals surface area contributed by atoms with Crippen LogP contribution in [-0.2, 0) is 22.9 Å². The van der Waals surface area contributed by atoms with E-state index in [0.717, 1.165) is 41.3 Å². The van der Waals surface area contributed by atoms with Crippen molar-refractivity contribution in [3.8, 4) is 17.3 Å². The number of carbonyl (C=O) groups excluding carboxylic acids is 1. The minimum absolute atomic E-state index is 0.0824. The third kappa shape index (κ3) is 5.09. The highest BCUT2D eigenvalue weighted by atomic mass is 19.4. The van der Waals surface area contributed by atoms with Crippen LogP contribution in [-0.4, -0.2) is 77.6 Å². The van der Waals surface area contributed by atoms with Crippen LogP contribution in [0.3, 0.4) is 0 Å². The minimum atomic E-state index is -4.89. The smallest absolute Gasteiger partial charge is 0.346 e. The van der Waals surface area contributed by atoms with Gasteiger partial charge in [0, 0.05) is 68.2 Å². The number of hydrogen-bond donors (Lipinski definition) is 1. The Morgan fingerprint density at radius 3 is 2.69 bits per heavy atom. The number of aryl methyl sites for hydroxylation is 1. The van der Waals surface area contributed by atoms with E-state index in [1.165, 1.54) is 12.4 Å². The molecule has 2 aliphatic rings. The van der Waals surface area contributed by atoms with Crippen LogP contribution in [0.4, 0.5) is 17.6 Å². The van der Waals surface area contributed by atoms with E-state index in [1.807, 2.05) is 16.9 Å². The molecule has 218 valence electrons. The summed E-state index contributed by atoms with van der Waals surface area (Å²) in [5, 5.41) is 15.1. The van der Waals surface area contributed by atoms with Crippen LogP contribution in [0.25, 0.3) is 22.3 Å². The zero-order valence-electron chi connectivity index (χ0n) is 22.5. The number of halogens is 4. The number of aromatic amines is 1. The number of carbonyl (C=O) groups is 1. The molecule has 0 saturated carbocycles. The zero-order valence-corrected chi connectivity index (χ0v) is 22.5. The molecule has 0 radical (unpaired) electrons. The van der Waals surface area contributed by atoms with Crippen LogP contribution in [0.5, 0.6) is 0 Å². The van der Waals surface area contributed by atoms with Gasteiger partial charge in [0.1, 0.15) is 17.5 Å². The first kappa shape index (κ1) is 27.8. The molecule has 2 aliphatic heterocycles. The Bertz CT molecular complexity index is 1640. The summed E-state index contributed by atoms with van der Waals surface area (Å²) in [7, 11) is 0. The fraction of sp³-hybridized carbons (Fsp3) is 0.429. The van der Waals surface area contributed by atoms with Gasteiger partial charge in [0.25, 0.3) is 0 Å². The van der Waals surface area contributed by atoms with E-state index >= 15 is 0 Å². The van der Waals surface area contributed by atoms with Crippen LogP contribution in [0, 0.1) is 17.1 Å². The van der Waals surface area contributed by atoms with Gasteiger partial charge in [0.2, 0.25) is 5.91 Å². The number of hydrogen-bond acceptors (Lipinski definition) is 7. The first-order valence-corrected chi connectivity index (χ1v) is 13.6. The second-order valence-electron chi connectivity index (χ2n) is 10.8. The maximum Gasteiger partial charge on any atom is 0.436 e. The van der Waals surface area contributed by atoms with Crippen molar-refractivity contribution < 1.29 is 22.4 Å². The number of nitriles is 1. The van der Waals surface area contributed by atoms with Crippen molar-refractivity contribution in [2.24, 2.45) is 0 Å². The van der Waals surface area contributed by atoms with Crippen LogP contribution in [0.1, 0.15) is 36.9 Å². The lowest BCUT2D eigenvalue weighted by Gasteiger charge is -2.53. The van der Waals surface area contributed by atoms with Crippen molar-refractivity contribution in [2.75, 3.05) is 26.2 Å². The molecule has 4 aromatic rings. The summed E-state index contributed by atoms with van der Waals surface area (Å²) in [4.78, 5) is 31.6. The van der Waals surface area contributed by atoms with Crippen molar-refractivity contribution >= 4 is 16.9 Å². The van der Waals surface area contributed by atoms with Gasteiger partial charge in [0.15, 0.2) is 11.5 Å². The summed E-state index contributed by atoms with van der Waals surface area (Å²) in [6, 6.07) is 5.63. The number of pyridine rings is 1. The van der Waals surface area contributed by atoms with Crippen molar-refractivity contribution in [3.63, 3.8) is 0 Å². The SMILES string of the molecule is N#CCC1(n2cc(-c3ncnc4[nH]ccc34)cn2)CN(C2CCN(C(=O)CCc3ccnc(C(F)(F)F)c3F)CC2)C1. The molecule has 2 saturated heterocycles. The summed E-state index contributed by atoms with van der Waals surface area (Å²) >= 11 is 0. The first-order chi connectivity index (χ1) is 20.2. The number of amides is 1. The molecule has 0 aliphatic carbocycles. The predicted octanol–water partition coefficient (Wildman–Crippen LogP) is 3.92. The fourth-order valence-electron chi connectivity index (χ4n) is 6.01. The maximum atomic E-state index is 14.3. The van der Waals surface area contributed by atoms with Crippen LogP contribution < -0.4 is 0 Å². The molecule has 0 spiro atoms. The monoisotopic (exact) mass is 581 g/mol.